The van der Waals surface area contributed by atoms with Gasteiger partial charge in [0.25, 0.3) is 5.91 Å². The predicted octanol–water partition coefficient (Wildman–Crippen LogP) is 4.03. The van der Waals surface area contributed by atoms with Crippen molar-refractivity contribution in [2.24, 2.45) is 0 Å². The molecule has 0 radical (unpaired) electrons. The van der Waals surface area contributed by atoms with Gasteiger partial charge < -0.3 is 10.2 Å². The van der Waals surface area contributed by atoms with Crippen LogP contribution in [-0.2, 0) is 0 Å². The van der Waals surface area contributed by atoms with Crippen LogP contribution in [0.2, 0.25) is 0 Å². The molecule has 0 bridgehead atoms. The number of benzene rings is 1. The number of hydrogen-bond acceptors (Lipinski definition) is 6. The Kier molecular flexibility index (Phi) is 5.67. The number of aromatic nitrogens is 2. The van der Waals surface area contributed by atoms with E-state index in [1.807, 2.05) is 48.7 Å². The number of rotatable bonds is 6. The lowest BCUT2D eigenvalue weighted by atomic mass is 10.1. The van der Waals surface area contributed by atoms with Crippen LogP contribution < -0.4 is 5.32 Å². The van der Waals surface area contributed by atoms with Gasteiger partial charge in [0.15, 0.2) is 0 Å². The number of anilines is 1. The Bertz CT molecular complexity index is 852. The molecule has 0 saturated carbocycles. The maximum atomic E-state index is 13.0. The lowest BCUT2D eigenvalue weighted by Gasteiger charge is -2.22. The molecule has 0 spiro atoms. The van der Waals surface area contributed by atoms with Gasteiger partial charge in [0.05, 0.1) is 11.7 Å². The molecule has 2 heterocycles. The minimum atomic E-state index is -0.0390. The molecule has 3 rings (SSSR count). The van der Waals surface area contributed by atoms with E-state index in [0.717, 1.165) is 10.6 Å². The Balaban J connectivity index is 1.79. The molecular formula is C18H18N4OS2. The lowest BCUT2D eigenvalue weighted by Crippen LogP contribution is -2.35. The molecule has 25 heavy (non-hydrogen) atoms. The predicted molar refractivity (Wildman–Crippen MR) is 104 cm³/mol. The summed E-state index contributed by atoms with van der Waals surface area (Å²) in [7, 11) is 0. The Morgan fingerprint density at radius 3 is 2.80 bits per heavy atom. The molecule has 0 aliphatic rings. The Hall–Kier alpha value is -2.38. The minimum Gasteiger partial charge on any atom is -0.352 e. The van der Waals surface area contributed by atoms with Crippen LogP contribution in [0.15, 0.2) is 59.1 Å². The highest BCUT2D eigenvalue weighted by Gasteiger charge is 2.19. The number of nitrogens with zero attached hydrogens (tertiary/aromatic N) is 3. The monoisotopic (exact) mass is 370 g/mol. The molecule has 0 fully saturated rings. The number of thiazole rings is 1. The van der Waals surface area contributed by atoms with Crippen LogP contribution in [-0.4, -0.2) is 34.0 Å². The second-order valence-corrected chi connectivity index (χ2v) is 6.61. The molecule has 0 atom stereocenters. The van der Waals surface area contributed by atoms with Crippen molar-refractivity contribution >= 4 is 35.7 Å². The summed E-state index contributed by atoms with van der Waals surface area (Å²) in [5, 5.41) is 6.56. The highest BCUT2D eigenvalue weighted by atomic mass is 32.1. The molecule has 1 N–H and O–H groups in total. The Labute approximate surface area is 156 Å². The van der Waals surface area contributed by atoms with Crippen LogP contribution in [0, 0.1) is 0 Å². The molecule has 5 nitrogen and oxygen atoms in total. The van der Waals surface area contributed by atoms with E-state index in [1.54, 1.807) is 17.2 Å². The summed E-state index contributed by atoms with van der Waals surface area (Å²) < 4.78 is 0. The van der Waals surface area contributed by atoms with Crippen LogP contribution in [0.4, 0.5) is 5.82 Å². The van der Waals surface area contributed by atoms with E-state index < -0.39 is 0 Å². The summed E-state index contributed by atoms with van der Waals surface area (Å²) in [5.74, 6) is 0.648. The van der Waals surface area contributed by atoms with Crippen molar-refractivity contribution in [2.75, 3.05) is 18.5 Å². The fourth-order valence-corrected chi connectivity index (χ4v) is 3.28. The zero-order valence-electron chi connectivity index (χ0n) is 13.7. The molecule has 1 aromatic carbocycles. The maximum absolute atomic E-state index is 13.0. The summed E-state index contributed by atoms with van der Waals surface area (Å²) >= 11 is 5.75. The molecule has 2 aromatic heterocycles. The number of carbonyl (C=O) groups excluding carboxylic acids is 1. The largest absolute Gasteiger partial charge is 0.352 e. The second kappa shape index (κ2) is 8.13. The molecule has 1 amide bonds. The Morgan fingerprint density at radius 1 is 1.24 bits per heavy atom. The highest BCUT2D eigenvalue weighted by molar-refractivity contribution is 7.80. The van der Waals surface area contributed by atoms with Crippen LogP contribution in [0.3, 0.4) is 0 Å². The van der Waals surface area contributed by atoms with Crippen LogP contribution in [0.25, 0.3) is 10.6 Å². The average Bonchev–Trinajstić information content (AvgIpc) is 3.16. The normalized spacial score (nSPS) is 10.5. The third kappa shape index (κ3) is 4.18. The number of thiol groups is 1. The first-order valence-corrected chi connectivity index (χ1v) is 9.19. The number of amides is 1. The summed E-state index contributed by atoms with van der Waals surface area (Å²) in [5.41, 5.74) is 1.51. The van der Waals surface area contributed by atoms with Crippen molar-refractivity contribution < 1.29 is 4.79 Å². The number of carbonyl (C=O) groups is 1. The first-order chi connectivity index (χ1) is 12.2. The minimum absolute atomic E-state index is 0.0390. The molecule has 0 aliphatic carbocycles. The topological polar surface area (TPSA) is 58.1 Å². The molecule has 128 valence electrons. The molecule has 0 unspecified atom stereocenters. The fraction of sp³-hybridized carbons (Fsp3) is 0.167. The van der Waals surface area contributed by atoms with Gasteiger partial charge in [-0.2, -0.15) is 0 Å². The zero-order valence-corrected chi connectivity index (χ0v) is 15.4. The molecule has 0 aliphatic heterocycles. The summed E-state index contributed by atoms with van der Waals surface area (Å²) in [6.07, 6.45) is 1.75. The second-order valence-electron chi connectivity index (χ2n) is 5.26. The quantitative estimate of drug-likeness (QED) is 0.508. The van der Waals surface area contributed by atoms with Crippen LogP contribution in [0.1, 0.15) is 17.3 Å². The van der Waals surface area contributed by atoms with Gasteiger partial charge in [-0.05, 0) is 25.1 Å². The third-order valence-corrected chi connectivity index (χ3v) is 4.73. The zero-order chi connectivity index (χ0) is 17.6. The van der Waals surface area contributed by atoms with E-state index in [1.165, 1.54) is 11.3 Å². The van der Waals surface area contributed by atoms with E-state index in [2.05, 4.69) is 27.9 Å². The Morgan fingerprint density at radius 2 is 2.08 bits per heavy atom. The molecule has 0 saturated heterocycles. The molecular weight excluding hydrogens is 352 g/mol. The summed E-state index contributed by atoms with van der Waals surface area (Å²) in [4.78, 5) is 23.4. The van der Waals surface area contributed by atoms with Gasteiger partial charge in [0, 0.05) is 29.2 Å². The summed E-state index contributed by atoms with van der Waals surface area (Å²) in [6.45, 7) is 2.90. The van der Waals surface area contributed by atoms with Crippen molar-refractivity contribution in [3.63, 3.8) is 0 Å². The van der Waals surface area contributed by atoms with Crippen molar-refractivity contribution in [1.82, 2.24) is 14.9 Å². The fourth-order valence-electron chi connectivity index (χ4n) is 2.41. The standard InChI is InChI=1S/C18H18N4OS2/c1-2-22(12-20-15-8-5-9-16(24)21-15)18(23)14-7-4-3-6-13(14)17-19-10-11-25-17/h3-11H,2,12H2,1H3,(H2,20,21,24). The number of nitrogens with one attached hydrogen (secondary N) is 1. The lowest BCUT2D eigenvalue weighted by molar-refractivity contribution is 0.0776. The van der Waals surface area contributed by atoms with Gasteiger partial charge in [-0.25, -0.2) is 9.97 Å². The molecule has 7 heteroatoms. The van der Waals surface area contributed by atoms with Crippen LogP contribution in [0.5, 0.6) is 0 Å². The highest BCUT2D eigenvalue weighted by Crippen LogP contribution is 2.26. The summed E-state index contributed by atoms with van der Waals surface area (Å²) in [6, 6.07) is 13.1. The molecule has 3 aromatic rings. The smallest absolute Gasteiger partial charge is 0.255 e. The van der Waals surface area contributed by atoms with Crippen molar-refractivity contribution in [2.45, 2.75) is 11.9 Å². The van der Waals surface area contributed by atoms with Crippen molar-refractivity contribution in [3.05, 3.63) is 59.6 Å². The van der Waals surface area contributed by atoms with Crippen LogP contribution >= 0.6 is 24.0 Å². The maximum Gasteiger partial charge on any atom is 0.255 e. The average molecular weight is 371 g/mol. The first kappa shape index (κ1) is 17.4. The van der Waals surface area contributed by atoms with Crippen molar-refractivity contribution in [1.29, 1.82) is 0 Å². The van der Waals surface area contributed by atoms with Gasteiger partial charge in [-0.15, -0.1) is 24.0 Å². The van der Waals surface area contributed by atoms with E-state index in [0.29, 0.717) is 29.6 Å². The number of pyridine rings is 1. The van der Waals surface area contributed by atoms with E-state index in [9.17, 15) is 4.79 Å². The van der Waals surface area contributed by atoms with Gasteiger partial charge in [-0.1, -0.05) is 24.3 Å². The van der Waals surface area contributed by atoms with E-state index >= 15 is 0 Å². The van der Waals surface area contributed by atoms with E-state index in [-0.39, 0.29) is 5.91 Å². The van der Waals surface area contributed by atoms with Gasteiger partial charge in [-0.3, -0.25) is 4.79 Å². The van der Waals surface area contributed by atoms with Gasteiger partial charge in [0.1, 0.15) is 10.8 Å². The van der Waals surface area contributed by atoms with Gasteiger partial charge >= 0.3 is 0 Å². The van der Waals surface area contributed by atoms with Crippen molar-refractivity contribution in [3.8, 4) is 10.6 Å². The third-order valence-electron chi connectivity index (χ3n) is 3.67. The van der Waals surface area contributed by atoms with E-state index in [4.69, 9.17) is 0 Å². The first-order valence-electron chi connectivity index (χ1n) is 7.87. The SMILES string of the molecule is CCN(CNc1cccc(S)n1)C(=O)c1ccccc1-c1nccs1. The van der Waals surface area contributed by atoms with Gasteiger partial charge in [0.2, 0.25) is 0 Å². The number of hydrogen-bond donors (Lipinski definition) is 2.